The van der Waals surface area contributed by atoms with E-state index in [2.05, 4.69) is 69.2 Å². The minimum atomic E-state index is 0. The second kappa shape index (κ2) is 31.7. The first-order chi connectivity index (χ1) is 9.95. The molecule has 0 rings (SSSR count). The molecule has 1 heteroatoms. The topological polar surface area (TPSA) is 3.24 Å². The van der Waals surface area contributed by atoms with Crippen LogP contribution < -0.4 is 0 Å². The Morgan fingerprint density at radius 2 is 0.800 bits per heavy atom. The van der Waals surface area contributed by atoms with Crippen molar-refractivity contribution in [3.05, 3.63) is 0 Å². The normalized spacial score (nSPS) is 9.12. The van der Waals surface area contributed by atoms with Gasteiger partial charge >= 0.3 is 0 Å². The summed E-state index contributed by atoms with van der Waals surface area (Å²) in [6.45, 7) is 22.4. The van der Waals surface area contributed by atoms with Crippen molar-refractivity contribution in [3.63, 3.8) is 0 Å². The van der Waals surface area contributed by atoms with Crippen molar-refractivity contribution < 1.29 is 0 Å². The van der Waals surface area contributed by atoms with Crippen LogP contribution in [0.15, 0.2) is 0 Å². The van der Waals surface area contributed by atoms with Crippen molar-refractivity contribution in [2.24, 2.45) is 17.3 Å². The maximum absolute atomic E-state index is 2.35. The quantitative estimate of drug-likeness (QED) is 0.469. The molecule has 0 bridgehead atoms. The molecule has 0 N–H and O–H groups in total. The fourth-order valence-electron chi connectivity index (χ4n) is 1.04. The van der Waals surface area contributed by atoms with E-state index in [4.69, 9.17) is 0 Å². The summed E-state index contributed by atoms with van der Waals surface area (Å²) in [7, 11) is 6.00. The molecule has 0 fully saturated rings. The predicted octanol–water partition coefficient (Wildman–Crippen LogP) is 9.41. The number of nitrogens with zero attached hydrogens (tertiary/aromatic N) is 1. The average molecular weight is 366 g/mol. The van der Waals surface area contributed by atoms with Crippen LogP contribution in [-0.2, 0) is 0 Å². The van der Waals surface area contributed by atoms with Gasteiger partial charge in [0, 0.05) is 0 Å². The maximum atomic E-state index is 2.35. The molecule has 0 radical (unpaired) electrons. The van der Waals surface area contributed by atoms with Gasteiger partial charge < -0.3 is 4.90 Å². The molecule has 0 amide bonds. The van der Waals surface area contributed by atoms with Crippen LogP contribution in [0, 0.1) is 17.3 Å². The van der Waals surface area contributed by atoms with Crippen LogP contribution in [0.4, 0.5) is 0 Å². The van der Waals surface area contributed by atoms with Crippen molar-refractivity contribution in [1.82, 2.24) is 4.90 Å². The van der Waals surface area contributed by atoms with Gasteiger partial charge in [-0.2, -0.15) is 0 Å². The molecule has 0 aliphatic rings. The molecule has 0 aromatic rings. The van der Waals surface area contributed by atoms with Gasteiger partial charge in [0.2, 0.25) is 0 Å². The van der Waals surface area contributed by atoms with Crippen molar-refractivity contribution in [1.29, 1.82) is 0 Å². The standard InChI is InChI=1S/C8H18.C6H14.C4H10.C3H9N.3CH4/c1-5-8(4,6-2)7-3;1-4-6(3)5-2;2*1-4(2)3;;;/h5-7H2,1-4H3;6H,4-5H2,1-3H3;4H,1-3H3;1-3H3;3*1H4. The minimum Gasteiger partial charge on any atom is -0.312 e. The third kappa shape index (κ3) is 68.8. The zero-order valence-corrected chi connectivity index (χ0v) is 18.6. The molecule has 0 unspecified atom stereocenters. The fourth-order valence-corrected chi connectivity index (χ4v) is 1.04. The summed E-state index contributed by atoms with van der Waals surface area (Å²) in [6, 6.07) is 0. The van der Waals surface area contributed by atoms with E-state index in [0.717, 1.165) is 11.8 Å². The van der Waals surface area contributed by atoms with E-state index in [0.29, 0.717) is 5.41 Å². The van der Waals surface area contributed by atoms with Crippen LogP contribution >= 0.6 is 0 Å². The molecular weight excluding hydrogens is 302 g/mol. The fraction of sp³-hybridized carbons (Fsp3) is 1.00. The molecule has 0 saturated heterocycles. The highest BCUT2D eigenvalue weighted by atomic mass is 15.0. The Morgan fingerprint density at radius 1 is 0.640 bits per heavy atom. The molecule has 0 aliphatic heterocycles. The number of rotatable bonds is 5. The molecule has 0 spiro atoms. The molecule has 25 heavy (non-hydrogen) atoms. The molecule has 0 saturated carbocycles. The highest BCUT2D eigenvalue weighted by Crippen LogP contribution is 2.28. The van der Waals surface area contributed by atoms with Crippen LogP contribution in [0.5, 0.6) is 0 Å². The zero-order valence-electron chi connectivity index (χ0n) is 18.6. The summed E-state index contributed by atoms with van der Waals surface area (Å²) < 4.78 is 0. The molecule has 0 atom stereocenters. The predicted molar refractivity (Wildman–Crippen MR) is 129 cm³/mol. The van der Waals surface area contributed by atoms with Gasteiger partial charge in [-0.15, -0.1) is 0 Å². The molecule has 164 valence electrons. The van der Waals surface area contributed by atoms with E-state index in [1.165, 1.54) is 32.1 Å². The lowest BCUT2D eigenvalue weighted by atomic mass is 9.82. The van der Waals surface area contributed by atoms with Gasteiger partial charge in [0.25, 0.3) is 0 Å². The van der Waals surface area contributed by atoms with E-state index in [9.17, 15) is 0 Å². The third-order valence-electron chi connectivity index (χ3n) is 3.95. The SMILES string of the molecule is C.C.C.CC(C)C.CCC(C)(CC)CC.CCC(C)CC.CN(C)C. The minimum absolute atomic E-state index is 0. The summed E-state index contributed by atoms with van der Waals surface area (Å²) in [6.07, 6.45) is 6.62. The maximum Gasteiger partial charge on any atom is -0.0140 e. The lowest BCUT2D eigenvalue weighted by Gasteiger charge is -2.23. The summed E-state index contributed by atoms with van der Waals surface area (Å²) in [4.78, 5) is 2.00. The zero-order chi connectivity index (χ0) is 18.8. The van der Waals surface area contributed by atoms with Gasteiger partial charge in [0.15, 0.2) is 0 Å². The summed E-state index contributed by atoms with van der Waals surface area (Å²) in [5.74, 6) is 1.77. The first-order valence-electron chi connectivity index (χ1n) is 9.56. The Hall–Kier alpha value is -0.0400. The summed E-state index contributed by atoms with van der Waals surface area (Å²) in [5, 5.41) is 0. The highest BCUT2D eigenvalue weighted by molar-refractivity contribution is 4.67. The van der Waals surface area contributed by atoms with Gasteiger partial charge in [-0.1, -0.05) is 124 Å². The van der Waals surface area contributed by atoms with Crippen LogP contribution in [0.2, 0.25) is 0 Å². The first-order valence-corrected chi connectivity index (χ1v) is 9.56. The number of hydrogen-bond donors (Lipinski definition) is 0. The Kier molecular flexibility index (Phi) is 56.3. The Labute approximate surface area is 167 Å². The Balaban J connectivity index is -0.0000000346. The average Bonchev–Trinajstić information content (AvgIpc) is 2.45. The number of hydrogen-bond acceptors (Lipinski definition) is 1. The smallest absolute Gasteiger partial charge is 0.0140 e. The van der Waals surface area contributed by atoms with Crippen LogP contribution in [0.3, 0.4) is 0 Å². The van der Waals surface area contributed by atoms with Crippen molar-refractivity contribution in [2.45, 2.75) is 124 Å². The van der Waals surface area contributed by atoms with Gasteiger partial charge in [-0.05, 0) is 38.4 Å². The van der Waals surface area contributed by atoms with Crippen molar-refractivity contribution in [2.75, 3.05) is 21.1 Å². The van der Waals surface area contributed by atoms with Gasteiger partial charge in [-0.25, -0.2) is 0 Å². The second-order valence-corrected chi connectivity index (χ2v) is 7.87. The third-order valence-corrected chi connectivity index (χ3v) is 3.95. The van der Waals surface area contributed by atoms with Crippen molar-refractivity contribution in [3.8, 4) is 0 Å². The Morgan fingerprint density at radius 3 is 0.800 bits per heavy atom. The Bertz CT molecular complexity index is 145. The second-order valence-electron chi connectivity index (χ2n) is 7.87. The van der Waals surface area contributed by atoms with Gasteiger partial charge in [0.05, 0.1) is 0 Å². The van der Waals surface area contributed by atoms with Gasteiger partial charge in [-0.3, -0.25) is 0 Å². The van der Waals surface area contributed by atoms with Crippen LogP contribution in [-0.4, -0.2) is 26.0 Å². The first kappa shape index (κ1) is 44.4. The lowest BCUT2D eigenvalue weighted by Crippen LogP contribution is -2.10. The van der Waals surface area contributed by atoms with E-state index >= 15 is 0 Å². The largest absolute Gasteiger partial charge is 0.312 e. The molecule has 0 heterocycles. The summed E-state index contributed by atoms with van der Waals surface area (Å²) >= 11 is 0. The van der Waals surface area contributed by atoms with Crippen LogP contribution in [0.1, 0.15) is 124 Å². The molecule has 0 aromatic carbocycles. The molecule has 1 nitrogen and oxygen atoms in total. The molecule has 0 aromatic heterocycles. The highest BCUT2D eigenvalue weighted by Gasteiger charge is 2.15. The van der Waals surface area contributed by atoms with Crippen molar-refractivity contribution >= 4 is 0 Å². The molecule has 0 aliphatic carbocycles. The van der Waals surface area contributed by atoms with E-state index in [-0.39, 0.29) is 22.3 Å². The van der Waals surface area contributed by atoms with Crippen LogP contribution in [0.25, 0.3) is 0 Å². The van der Waals surface area contributed by atoms with Gasteiger partial charge in [0.1, 0.15) is 0 Å². The van der Waals surface area contributed by atoms with E-state index in [1.807, 2.05) is 26.0 Å². The van der Waals surface area contributed by atoms with E-state index in [1.54, 1.807) is 0 Å². The monoisotopic (exact) mass is 365 g/mol. The summed E-state index contributed by atoms with van der Waals surface area (Å²) in [5.41, 5.74) is 0.625. The molecular formula is C24H63N. The lowest BCUT2D eigenvalue weighted by molar-refractivity contribution is 0.286. The van der Waals surface area contributed by atoms with E-state index < -0.39 is 0 Å².